The largest absolute Gasteiger partial charge is 0.493 e. The maximum Gasteiger partial charge on any atom is 0.338 e. The van der Waals surface area contributed by atoms with E-state index in [-0.39, 0.29) is 18.8 Å². The number of hydrazone groups is 1. The number of urea groups is 1. The number of amides is 3. The van der Waals surface area contributed by atoms with Crippen LogP contribution >= 0.6 is 15.9 Å². The minimum absolute atomic E-state index is 0.187. The van der Waals surface area contributed by atoms with Gasteiger partial charge in [-0.1, -0.05) is 36.4 Å². The molecule has 0 saturated carbocycles. The van der Waals surface area contributed by atoms with Gasteiger partial charge in [0.1, 0.15) is 12.4 Å². The number of halogens is 1. The van der Waals surface area contributed by atoms with Gasteiger partial charge in [0, 0.05) is 5.70 Å². The smallest absolute Gasteiger partial charge is 0.338 e. The summed E-state index contributed by atoms with van der Waals surface area (Å²) in [6, 6.07) is 19.0. The van der Waals surface area contributed by atoms with Gasteiger partial charge in [0.25, 0.3) is 5.91 Å². The lowest BCUT2D eigenvalue weighted by Gasteiger charge is -2.28. The van der Waals surface area contributed by atoms with Crippen LogP contribution in [0.2, 0.25) is 0 Å². The molecule has 0 unspecified atom stereocenters. The molecule has 3 N–H and O–H groups in total. The molecule has 3 aromatic carbocycles. The molecule has 12 heteroatoms. The second kappa shape index (κ2) is 14.9. The van der Waals surface area contributed by atoms with E-state index in [1.807, 2.05) is 48.5 Å². The molecular formula is C31H31BrN4O7. The van der Waals surface area contributed by atoms with E-state index in [2.05, 4.69) is 37.1 Å². The number of carbonyl (C=O) groups excluding carboxylic acids is 3. The predicted octanol–water partition coefficient (Wildman–Crippen LogP) is 4.76. The highest BCUT2D eigenvalue weighted by molar-refractivity contribution is 9.10. The van der Waals surface area contributed by atoms with Gasteiger partial charge in [-0.3, -0.25) is 4.79 Å². The Morgan fingerprint density at radius 2 is 1.79 bits per heavy atom. The third-order valence-electron chi connectivity index (χ3n) is 6.24. The van der Waals surface area contributed by atoms with Crippen molar-refractivity contribution in [3.05, 3.63) is 99.2 Å². The first kappa shape index (κ1) is 31.1. The molecule has 4 rings (SSSR count). The molecule has 0 saturated heterocycles. The summed E-state index contributed by atoms with van der Waals surface area (Å²) < 4.78 is 22.9. The highest BCUT2D eigenvalue weighted by atomic mass is 79.9. The maximum atomic E-state index is 12.6. The van der Waals surface area contributed by atoms with Crippen LogP contribution in [0.25, 0.3) is 0 Å². The number of ether oxygens (including phenoxy) is 4. The van der Waals surface area contributed by atoms with E-state index >= 15 is 0 Å². The van der Waals surface area contributed by atoms with Crippen LogP contribution in [-0.4, -0.2) is 44.4 Å². The number of nitrogens with one attached hydrogen (secondary N) is 3. The second-order valence-electron chi connectivity index (χ2n) is 9.25. The third-order valence-corrected chi connectivity index (χ3v) is 6.86. The number of esters is 1. The van der Waals surface area contributed by atoms with Crippen molar-refractivity contribution in [1.82, 2.24) is 16.1 Å². The monoisotopic (exact) mass is 650 g/mol. The van der Waals surface area contributed by atoms with Gasteiger partial charge in [-0.05, 0) is 76.8 Å². The topological polar surface area (TPSA) is 137 Å². The van der Waals surface area contributed by atoms with Crippen LogP contribution in [0.1, 0.15) is 36.6 Å². The van der Waals surface area contributed by atoms with Crippen molar-refractivity contribution >= 4 is 40.1 Å². The quantitative estimate of drug-likeness (QED) is 0.146. The zero-order valence-corrected chi connectivity index (χ0v) is 25.4. The molecule has 3 amide bonds. The SMILES string of the molecule is CCOC(=O)C1=C(C)NC(=O)N[C@H]1c1ccc(OCC(=O)N/N=C\c2ccc(OCc3ccccc3)c(Br)c2)c(OC)c1. The molecule has 0 bridgehead atoms. The number of carbonyl (C=O) groups is 3. The van der Waals surface area contributed by atoms with E-state index in [0.717, 1.165) is 15.6 Å². The van der Waals surface area contributed by atoms with Gasteiger partial charge >= 0.3 is 12.0 Å². The van der Waals surface area contributed by atoms with Crippen molar-refractivity contribution in [3.8, 4) is 17.2 Å². The summed E-state index contributed by atoms with van der Waals surface area (Å²) in [5.41, 5.74) is 5.47. The number of methoxy groups -OCH3 is 1. The fourth-order valence-corrected chi connectivity index (χ4v) is 4.72. The molecule has 11 nitrogen and oxygen atoms in total. The molecule has 1 heterocycles. The molecule has 224 valence electrons. The van der Waals surface area contributed by atoms with Gasteiger partial charge in [-0.15, -0.1) is 0 Å². The third kappa shape index (κ3) is 8.35. The highest BCUT2D eigenvalue weighted by Crippen LogP contribution is 2.34. The van der Waals surface area contributed by atoms with Crippen molar-refractivity contribution in [2.45, 2.75) is 26.5 Å². The first-order valence-corrected chi connectivity index (χ1v) is 14.1. The number of rotatable bonds is 12. The summed E-state index contributed by atoms with van der Waals surface area (Å²) in [7, 11) is 1.45. The first-order chi connectivity index (χ1) is 20.8. The van der Waals surface area contributed by atoms with E-state index in [0.29, 0.717) is 35.1 Å². The zero-order chi connectivity index (χ0) is 30.8. The summed E-state index contributed by atoms with van der Waals surface area (Å²) in [5.74, 6) is 0.247. The Bertz CT molecular complexity index is 1540. The van der Waals surface area contributed by atoms with E-state index in [1.54, 1.807) is 32.0 Å². The first-order valence-electron chi connectivity index (χ1n) is 13.3. The van der Waals surface area contributed by atoms with Gasteiger partial charge in [-0.2, -0.15) is 5.10 Å². The van der Waals surface area contributed by atoms with Crippen LogP contribution in [0, 0.1) is 0 Å². The van der Waals surface area contributed by atoms with E-state index in [4.69, 9.17) is 18.9 Å². The highest BCUT2D eigenvalue weighted by Gasteiger charge is 2.32. The van der Waals surface area contributed by atoms with Gasteiger partial charge in [-0.25, -0.2) is 15.0 Å². The fraction of sp³-hybridized carbons (Fsp3) is 0.226. The normalized spacial score (nSPS) is 14.5. The van der Waals surface area contributed by atoms with Crippen molar-refractivity contribution in [2.24, 2.45) is 5.10 Å². The zero-order valence-electron chi connectivity index (χ0n) is 23.8. The summed E-state index contributed by atoms with van der Waals surface area (Å²) in [6.07, 6.45) is 1.50. The van der Waals surface area contributed by atoms with E-state index in [9.17, 15) is 14.4 Å². The minimum Gasteiger partial charge on any atom is -0.493 e. The van der Waals surface area contributed by atoms with Gasteiger partial charge < -0.3 is 29.6 Å². The van der Waals surface area contributed by atoms with E-state index in [1.165, 1.54) is 13.3 Å². The molecular weight excluding hydrogens is 620 g/mol. The molecule has 0 fully saturated rings. The summed E-state index contributed by atoms with van der Waals surface area (Å²) >= 11 is 3.50. The molecule has 1 aliphatic rings. The van der Waals surface area contributed by atoms with Gasteiger partial charge in [0.2, 0.25) is 0 Å². The van der Waals surface area contributed by atoms with Crippen LogP contribution < -0.4 is 30.3 Å². The average Bonchev–Trinajstić information content (AvgIpc) is 2.99. The second-order valence-corrected chi connectivity index (χ2v) is 10.1. The Morgan fingerprint density at radius 3 is 2.51 bits per heavy atom. The predicted molar refractivity (Wildman–Crippen MR) is 163 cm³/mol. The molecule has 43 heavy (non-hydrogen) atoms. The van der Waals surface area contributed by atoms with Gasteiger partial charge in [0.05, 0.1) is 36.0 Å². The Kier molecular flexibility index (Phi) is 10.8. The number of allylic oxidation sites excluding steroid dienone is 1. The molecule has 3 aromatic rings. The maximum absolute atomic E-state index is 12.6. The van der Waals surface area contributed by atoms with Crippen LogP contribution in [0.4, 0.5) is 4.79 Å². The van der Waals surface area contributed by atoms with E-state index < -0.39 is 23.9 Å². The summed E-state index contributed by atoms with van der Waals surface area (Å²) in [4.78, 5) is 37.1. The van der Waals surface area contributed by atoms with Crippen molar-refractivity contribution in [3.63, 3.8) is 0 Å². The minimum atomic E-state index is -0.766. The van der Waals surface area contributed by atoms with Crippen molar-refractivity contribution < 1.29 is 33.3 Å². The molecule has 0 radical (unpaired) electrons. The number of hydrogen-bond donors (Lipinski definition) is 3. The van der Waals surface area contributed by atoms with Crippen molar-refractivity contribution in [1.29, 1.82) is 0 Å². The molecule has 0 aromatic heterocycles. The molecule has 0 aliphatic carbocycles. The molecule has 0 spiro atoms. The average molecular weight is 652 g/mol. The fourth-order valence-electron chi connectivity index (χ4n) is 4.21. The summed E-state index contributed by atoms with van der Waals surface area (Å²) in [5, 5.41) is 9.33. The van der Waals surface area contributed by atoms with Crippen LogP contribution in [0.15, 0.2) is 87.6 Å². The number of nitrogens with zero attached hydrogens (tertiary/aromatic N) is 1. The van der Waals surface area contributed by atoms with Crippen LogP contribution in [0.3, 0.4) is 0 Å². The summed E-state index contributed by atoms with van der Waals surface area (Å²) in [6.45, 7) is 3.63. The lowest BCUT2D eigenvalue weighted by atomic mass is 9.95. The Morgan fingerprint density at radius 1 is 1.02 bits per heavy atom. The Hall–Kier alpha value is -4.84. The lowest BCUT2D eigenvalue weighted by molar-refractivity contribution is -0.139. The molecule has 1 aliphatic heterocycles. The Labute approximate surface area is 257 Å². The molecule has 1 atom stereocenters. The number of hydrogen-bond acceptors (Lipinski definition) is 8. The van der Waals surface area contributed by atoms with Crippen LogP contribution in [-0.2, 0) is 20.9 Å². The standard InChI is InChI=1S/C31H31BrN4O7/c1-4-41-30(38)28-19(2)34-31(39)35-29(28)22-11-13-25(26(15-22)40-3)43-18-27(37)36-33-16-21-10-12-24(23(32)14-21)42-17-20-8-6-5-7-9-20/h5-16,29H,4,17-18H2,1-3H3,(H,36,37)(H2,34,35,39)/b33-16-/t29-/m0/s1. The van der Waals surface area contributed by atoms with Crippen molar-refractivity contribution in [2.75, 3.05) is 20.3 Å². The van der Waals surface area contributed by atoms with Crippen LogP contribution in [0.5, 0.6) is 17.2 Å². The Balaban J connectivity index is 1.33. The lowest BCUT2D eigenvalue weighted by Crippen LogP contribution is -2.45. The van der Waals surface area contributed by atoms with Gasteiger partial charge in [0.15, 0.2) is 18.1 Å². The number of benzene rings is 3.